The number of benzene rings is 1. The number of hydrogen-bond donors (Lipinski definition) is 2. The van der Waals surface area contributed by atoms with Gasteiger partial charge in [-0.1, -0.05) is 6.58 Å². The van der Waals surface area contributed by atoms with Crippen LogP contribution in [0.4, 0.5) is 4.39 Å². The predicted molar refractivity (Wildman–Crippen MR) is 97.7 cm³/mol. The Balaban J connectivity index is 2.07. The van der Waals surface area contributed by atoms with E-state index in [9.17, 15) is 14.0 Å². The van der Waals surface area contributed by atoms with Crippen molar-refractivity contribution in [2.24, 2.45) is 0 Å². The van der Waals surface area contributed by atoms with E-state index in [1.54, 1.807) is 30.6 Å². The molecule has 2 N–H and O–H groups in total. The molecule has 0 fully saturated rings. The van der Waals surface area contributed by atoms with Crippen LogP contribution in [0.5, 0.6) is 0 Å². The third-order valence-corrected chi connectivity index (χ3v) is 3.85. The van der Waals surface area contributed by atoms with Crippen LogP contribution in [0.1, 0.15) is 5.56 Å². The first kappa shape index (κ1) is 17.3. The lowest BCUT2D eigenvalue weighted by Gasteiger charge is -2.12. The highest BCUT2D eigenvalue weighted by molar-refractivity contribution is 5.87. The van der Waals surface area contributed by atoms with E-state index < -0.39 is 0 Å². The summed E-state index contributed by atoms with van der Waals surface area (Å²) in [4.78, 5) is 30.1. The zero-order chi connectivity index (χ0) is 18.5. The van der Waals surface area contributed by atoms with Crippen molar-refractivity contribution in [3.8, 4) is 22.4 Å². The van der Waals surface area contributed by atoms with Gasteiger partial charge < -0.3 is 10.3 Å². The van der Waals surface area contributed by atoms with Crippen LogP contribution in [0, 0.1) is 5.82 Å². The van der Waals surface area contributed by atoms with Gasteiger partial charge in [-0.2, -0.15) is 0 Å². The number of hydrogen-bond acceptors (Lipinski definition) is 3. The van der Waals surface area contributed by atoms with Gasteiger partial charge in [-0.3, -0.25) is 14.6 Å². The number of rotatable bonds is 5. The second kappa shape index (κ2) is 7.57. The van der Waals surface area contributed by atoms with Gasteiger partial charge >= 0.3 is 0 Å². The van der Waals surface area contributed by atoms with Gasteiger partial charge in [-0.05, 0) is 59.2 Å². The molecule has 0 aliphatic rings. The Morgan fingerprint density at radius 1 is 1.19 bits per heavy atom. The normalized spacial score (nSPS) is 10.3. The standard InChI is InChI=1S/C20H16FN3O2/c1-2-19(25)24-12-15-11-23-18(13-3-5-16(21)6-4-13)10-17(15)14-7-8-22-20(26)9-14/h2-11H,1,12H2,(H,22,26)(H,24,25). The van der Waals surface area contributed by atoms with Gasteiger partial charge in [-0.15, -0.1) is 0 Å². The third kappa shape index (κ3) is 3.92. The fourth-order valence-electron chi connectivity index (χ4n) is 2.54. The first-order chi connectivity index (χ1) is 12.6. The van der Waals surface area contributed by atoms with E-state index in [2.05, 4.69) is 21.9 Å². The highest BCUT2D eigenvalue weighted by atomic mass is 19.1. The number of pyridine rings is 2. The maximum absolute atomic E-state index is 13.2. The Kier molecular flexibility index (Phi) is 5.03. The lowest BCUT2D eigenvalue weighted by atomic mass is 9.99. The molecule has 3 rings (SSSR count). The minimum absolute atomic E-state index is 0.233. The van der Waals surface area contributed by atoms with Gasteiger partial charge in [0.25, 0.3) is 0 Å². The zero-order valence-corrected chi connectivity index (χ0v) is 13.8. The minimum Gasteiger partial charge on any atom is -0.348 e. The Hall–Kier alpha value is -3.54. The number of aromatic nitrogens is 2. The molecule has 0 saturated heterocycles. The Morgan fingerprint density at radius 3 is 2.65 bits per heavy atom. The van der Waals surface area contributed by atoms with Crippen LogP contribution in [-0.2, 0) is 11.3 Å². The maximum Gasteiger partial charge on any atom is 0.248 e. The van der Waals surface area contributed by atoms with Crippen molar-refractivity contribution in [3.05, 3.63) is 89.2 Å². The van der Waals surface area contributed by atoms with E-state index in [0.717, 1.165) is 16.7 Å². The molecule has 0 saturated carbocycles. The predicted octanol–water partition coefficient (Wildman–Crippen LogP) is 3.05. The average molecular weight is 349 g/mol. The summed E-state index contributed by atoms with van der Waals surface area (Å²) in [5.74, 6) is -0.628. The van der Waals surface area contributed by atoms with Gasteiger partial charge in [-0.25, -0.2) is 4.39 Å². The molecule has 26 heavy (non-hydrogen) atoms. The number of halogens is 1. The van der Waals surface area contributed by atoms with Gasteiger partial charge in [0, 0.05) is 30.6 Å². The first-order valence-corrected chi connectivity index (χ1v) is 7.91. The molecule has 130 valence electrons. The van der Waals surface area contributed by atoms with E-state index in [1.807, 2.05) is 6.07 Å². The lowest BCUT2D eigenvalue weighted by molar-refractivity contribution is -0.116. The maximum atomic E-state index is 13.2. The fourth-order valence-corrected chi connectivity index (χ4v) is 2.54. The molecular formula is C20H16FN3O2. The molecule has 2 heterocycles. The summed E-state index contributed by atoms with van der Waals surface area (Å²) in [6, 6.07) is 11.1. The second-order valence-corrected chi connectivity index (χ2v) is 5.60. The van der Waals surface area contributed by atoms with Gasteiger partial charge in [0.15, 0.2) is 0 Å². The molecule has 0 aliphatic heterocycles. The minimum atomic E-state index is -0.327. The van der Waals surface area contributed by atoms with Crippen molar-refractivity contribution in [1.29, 1.82) is 0 Å². The van der Waals surface area contributed by atoms with Crippen molar-refractivity contribution in [2.45, 2.75) is 6.54 Å². The van der Waals surface area contributed by atoms with Crippen LogP contribution in [-0.4, -0.2) is 15.9 Å². The number of nitrogens with zero attached hydrogens (tertiary/aromatic N) is 1. The highest BCUT2D eigenvalue weighted by Gasteiger charge is 2.10. The van der Waals surface area contributed by atoms with Crippen molar-refractivity contribution in [1.82, 2.24) is 15.3 Å². The zero-order valence-electron chi connectivity index (χ0n) is 13.8. The Bertz CT molecular complexity index is 1010. The van der Waals surface area contributed by atoms with Crippen LogP contribution < -0.4 is 10.9 Å². The summed E-state index contributed by atoms with van der Waals surface area (Å²) in [5.41, 5.74) is 3.36. The van der Waals surface area contributed by atoms with E-state index in [1.165, 1.54) is 24.3 Å². The number of aromatic amines is 1. The molecule has 1 amide bonds. The number of H-pyrrole nitrogens is 1. The van der Waals surface area contributed by atoms with E-state index in [4.69, 9.17) is 0 Å². The lowest BCUT2D eigenvalue weighted by Crippen LogP contribution is -2.20. The summed E-state index contributed by atoms with van der Waals surface area (Å²) in [6.45, 7) is 3.66. The van der Waals surface area contributed by atoms with Crippen LogP contribution in [0.25, 0.3) is 22.4 Å². The smallest absolute Gasteiger partial charge is 0.248 e. The molecular weight excluding hydrogens is 333 g/mol. The van der Waals surface area contributed by atoms with Gasteiger partial charge in [0.2, 0.25) is 11.5 Å². The van der Waals surface area contributed by atoms with Crippen LogP contribution in [0.15, 0.2) is 72.3 Å². The molecule has 0 spiro atoms. The van der Waals surface area contributed by atoms with Crippen molar-refractivity contribution < 1.29 is 9.18 Å². The molecule has 0 aliphatic carbocycles. The van der Waals surface area contributed by atoms with Crippen molar-refractivity contribution in [3.63, 3.8) is 0 Å². The van der Waals surface area contributed by atoms with Gasteiger partial charge in [0.05, 0.1) is 5.69 Å². The summed E-state index contributed by atoms with van der Waals surface area (Å²) >= 11 is 0. The summed E-state index contributed by atoms with van der Waals surface area (Å²) in [7, 11) is 0. The molecule has 5 nitrogen and oxygen atoms in total. The number of carbonyl (C=O) groups is 1. The molecule has 6 heteroatoms. The topological polar surface area (TPSA) is 74.8 Å². The number of carbonyl (C=O) groups excluding carboxylic acids is 1. The highest BCUT2D eigenvalue weighted by Crippen LogP contribution is 2.27. The third-order valence-electron chi connectivity index (χ3n) is 3.85. The first-order valence-electron chi connectivity index (χ1n) is 7.91. The van der Waals surface area contributed by atoms with E-state index in [-0.39, 0.29) is 23.8 Å². The SMILES string of the molecule is C=CC(=O)NCc1cnc(-c2ccc(F)cc2)cc1-c1cc[nH]c(=O)c1. The second-order valence-electron chi connectivity index (χ2n) is 5.60. The van der Waals surface area contributed by atoms with Crippen molar-refractivity contribution >= 4 is 5.91 Å². The summed E-state index contributed by atoms with van der Waals surface area (Å²) in [6.07, 6.45) is 4.38. The average Bonchev–Trinajstić information content (AvgIpc) is 2.66. The quantitative estimate of drug-likeness (QED) is 0.695. The number of amides is 1. The van der Waals surface area contributed by atoms with Crippen molar-refractivity contribution in [2.75, 3.05) is 0 Å². The van der Waals surface area contributed by atoms with Crippen LogP contribution in [0.3, 0.4) is 0 Å². The van der Waals surface area contributed by atoms with E-state index >= 15 is 0 Å². The molecule has 1 aromatic carbocycles. The van der Waals surface area contributed by atoms with Crippen LogP contribution in [0.2, 0.25) is 0 Å². The summed E-state index contributed by atoms with van der Waals surface area (Å²) < 4.78 is 13.2. The van der Waals surface area contributed by atoms with Gasteiger partial charge in [0.1, 0.15) is 5.82 Å². The largest absolute Gasteiger partial charge is 0.348 e. The molecule has 2 aromatic heterocycles. The Labute approximate surface area is 149 Å². The molecule has 3 aromatic rings. The summed E-state index contributed by atoms with van der Waals surface area (Å²) in [5, 5.41) is 2.71. The molecule has 0 radical (unpaired) electrons. The molecule has 0 atom stereocenters. The Morgan fingerprint density at radius 2 is 1.96 bits per heavy atom. The van der Waals surface area contributed by atoms with Crippen LogP contribution >= 0.6 is 0 Å². The monoisotopic (exact) mass is 349 g/mol. The number of nitrogens with one attached hydrogen (secondary N) is 2. The molecule has 0 bridgehead atoms. The fraction of sp³-hybridized carbons (Fsp3) is 0.0500. The molecule has 0 unspecified atom stereocenters. The van der Waals surface area contributed by atoms with E-state index in [0.29, 0.717) is 11.3 Å².